The van der Waals surface area contributed by atoms with Crippen LogP contribution in [0.1, 0.15) is 62.5 Å². The first-order chi connectivity index (χ1) is 11.6. The molecule has 0 aromatic heterocycles. The minimum Gasteiger partial charge on any atom is -0.204 e. The van der Waals surface area contributed by atoms with Crippen molar-refractivity contribution in [2.45, 2.75) is 58.3 Å². The molecule has 0 bridgehead atoms. The normalized spacial score (nSPS) is 21.0. The fourth-order valence-electron chi connectivity index (χ4n) is 4.03. The maximum Gasteiger partial charge on any atom is 0.161 e. The van der Waals surface area contributed by atoms with Gasteiger partial charge in [-0.15, -0.1) is 0 Å². The van der Waals surface area contributed by atoms with Gasteiger partial charge in [0.25, 0.3) is 0 Å². The Hall–Kier alpha value is -1.70. The highest BCUT2D eigenvalue weighted by atomic mass is 19.2. The molecule has 0 aliphatic heterocycles. The molecule has 3 rings (SSSR count). The van der Waals surface area contributed by atoms with E-state index in [9.17, 15) is 8.78 Å². The van der Waals surface area contributed by atoms with E-state index in [-0.39, 0.29) is 0 Å². The van der Waals surface area contributed by atoms with E-state index in [4.69, 9.17) is 0 Å². The first-order valence-electron chi connectivity index (χ1n) is 9.14. The van der Waals surface area contributed by atoms with Crippen LogP contribution in [0.25, 0.3) is 11.1 Å². The maximum atomic E-state index is 13.6. The van der Waals surface area contributed by atoms with Crippen molar-refractivity contribution >= 4 is 0 Å². The van der Waals surface area contributed by atoms with Gasteiger partial charge in [0.05, 0.1) is 0 Å². The molecule has 2 aromatic rings. The highest BCUT2D eigenvalue weighted by Crippen LogP contribution is 2.38. The summed E-state index contributed by atoms with van der Waals surface area (Å²) >= 11 is 0. The molecule has 128 valence electrons. The van der Waals surface area contributed by atoms with Crippen LogP contribution in [0.5, 0.6) is 0 Å². The predicted octanol–water partition coefficient (Wildman–Crippen LogP) is 7.01. The molecule has 2 aromatic carbocycles. The van der Waals surface area contributed by atoms with Crippen LogP contribution in [0, 0.1) is 24.5 Å². The van der Waals surface area contributed by atoms with Crippen LogP contribution in [0.3, 0.4) is 0 Å². The van der Waals surface area contributed by atoms with Gasteiger partial charge < -0.3 is 0 Å². The zero-order chi connectivity index (χ0) is 17.1. The molecule has 0 amide bonds. The zero-order valence-corrected chi connectivity index (χ0v) is 14.6. The molecule has 1 aliphatic rings. The quantitative estimate of drug-likeness (QED) is 0.566. The SMILES string of the molecule is CCCC1CCC(c2ccc(-c3cc(C)c(F)c(F)c3)cc2)CC1. The van der Waals surface area contributed by atoms with Gasteiger partial charge in [-0.05, 0) is 78.8 Å². The van der Waals surface area contributed by atoms with E-state index in [1.54, 1.807) is 13.0 Å². The van der Waals surface area contributed by atoms with Crippen LogP contribution in [0.2, 0.25) is 0 Å². The van der Waals surface area contributed by atoms with E-state index in [0.29, 0.717) is 11.5 Å². The van der Waals surface area contributed by atoms with Gasteiger partial charge in [-0.2, -0.15) is 0 Å². The number of aryl methyl sites for hydroxylation is 1. The standard InChI is InChI=1S/C22H26F2/c1-3-4-16-5-7-17(8-6-16)18-9-11-19(12-10-18)20-13-15(2)22(24)21(23)14-20/h9-14,16-17H,3-8H2,1-2H3. The topological polar surface area (TPSA) is 0 Å². The molecule has 24 heavy (non-hydrogen) atoms. The predicted molar refractivity (Wildman–Crippen MR) is 96.1 cm³/mol. The third kappa shape index (κ3) is 3.68. The van der Waals surface area contributed by atoms with E-state index in [0.717, 1.165) is 17.0 Å². The summed E-state index contributed by atoms with van der Waals surface area (Å²) in [6.07, 6.45) is 7.87. The molecule has 0 heterocycles. The van der Waals surface area contributed by atoms with Crippen LogP contribution in [-0.2, 0) is 0 Å². The fourth-order valence-corrected chi connectivity index (χ4v) is 4.03. The van der Waals surface area contributed by atoms with Crippen molar-refractivity contribution in [2.24, 2.45) is 5.92 Å². The summed E-state index contributed by atoms with van der Waals surface area (Å²) < 4.78 is 27.1. The Morgan fingerprint density at radius 2 is 1.58 bits per heavy atom. The molecule has 0 atom stereocenters. The summed E-state index contributed by atoms with van der Waals surface area (Å²) in [5.41, 5.74) is 3.42. The lowest BCUT2D eigenvalue weighted by molar-refractivity contribution is 0.308. The summed E-state index contributed by atoms with van der Waals surface area (Å²) in [6.45, 7) is 3.87. The molecule has 0 N–H and O–H groups in total. The third-order valence-corrected chi connectivity index (χ3v) is 5.47. The minimum absolute atomic E-state index is 0.350. The molecule has 0 radical (unpaired) electrons. The average Bonchev–Trinajstić information content (AvgIpc) is 2.60. The smallest absolute Gasteiger partial charge is 0.161 e. The zero-order valence-electron chi connectivity index (χ0n) is 14.6. The molecule has 2 heteroatoms. The summed E-state index contributed by atoms with van der Waals surface area (Å²) in [6, 6.07) is 11.4. The average molecular weight is 328 g/mol. The van der Waals surface area contributed by atoms with Crippen LogP contribution in [0.4, 0.5) is 8.78 Å². The largest absolute Gasteiger partial charge is 0.204 e. The van der Waals surface area contributed by atoms with Gasteiger partial charge in [0.2, 0.25) is 0 Å². The molecule has 0 spiro atoms. The van der Waals surface area contributed by atoms with Crippen molar-refractivity contribution in [2.75, 3.05) is 0 Å². The lowest BCUT2D eigenvalue weighted by Crippen LogP contribution is -2.13. The van der Waals surface area contributed by atoms with Gasteiger partial charge in [0.1, 0.15) is 0 Å². The van der Waals surface area contributed by atoms with E-state index >= 15 is 0 Å². The monoisotopic (exact) mass is 328 g/mol. The number of halogens is 2. The first-order valence-corrected chi connectivity index (χ1v) is 9.14. The maximum absolute atomic E-state index is 13.6. The Labute approximate surface area is 143 Å². The van der Waals surface area contributed by atoms with Crippen molar-refractivity contribution in [1.82, 2.24) is 0 Å². The summed E-state index contributed by atoms with van der Waals surface area (Å²) in [5, 5.41) is 0. The minimum atomic E-state index is -0.775. The van der Waals surface area contributed by atoms with E-state index in [1.165, 1.54) is 50.2 Å². The molecule has 1 aliphatic carbocycles. The van der Waals surface area contributed by atoms with E-state index < -0.39 is 11.6 Å². The van der Waals surface area contributed by atoms with Gasteiger partial charge in [0.15, 0.2) is 11.6 Å². The van der Waals surface area contributed by atoms with Crippen molar-refractivity contribution in [1.29, 1.82) is 0 Å². The Bertz CT molecular complexity index is 657. The number of hydrogen-bond donors (Lipinski definition) is 0. The lowest BCUT2D eigenvalue weighted by atomic mass is 9.77. The van der Waals surface area contributed by atoms with Crippen molar-refractivity contribution in [3.05, 3.63) is 59.2 Å². The second-order valence-electron chi connectivity index (χ2n) is 7.22. The van der Waals surface area contributed by atoms with Crippen molar-refractivity contribution < 1.29 is 8.78 Å². The van der Waals surface area contributed by atoms with Crippen LogP contribution >= 0.6 is 0 Å². The molecule has 1 saturated carbocycles. The van der Waals surface area contributed by atoms with E-state index in [2.05, 4.69) is 19.1 Å². The van der Waals surface area contributed by atoms with Gasteiger partial charge >= 0.3 is 0 Å². The Balaban J connectivity index is 1.72. The molecule has 0 nitrogen and oxygen atoms in total. The molecular weight excluding hydrogens is 302 g/mol. The fraction of sp³-hybridized carbons (Fsp3) is 0.455. The first kappa shape index (κ1) is 17.1. The van der Waals surface area contributed by atoms with E-state index in [1.807, 2.05) is 12.1 Å². The van der Waals surface area contributed by atoms with Gasteiger partial charge in [-0.25, -0.2) is 8.78 Å². The lowest BCUT2D eigenvalue weighted by Gasteiger charge is -2.28. The Morgan fingerprint density at radius 3 is 2.17 bits per heavy atom. The van der Waals surface area contributed by atoms with Crippen LogP contribution < -0.4 is 0 Å². The van der Waals surface area contributed by atoms with Gasteiger partial charge in [-0.3, -0.25) is 0 Å². The second kappa shape index (κ2) is 7.46. The molecule has 0 saturated heterocycles. The van der Waals surface area contributed by atoms with Crippen LogP contribution in [0.15, 0.2) is 36.4 Å². The second-order valence-corrected chi connectivity index (χ2v) is 7.22. The summed E-state index contributed by atoms with van der Waals surface area (Å²) in [7, 11) is 0. The van der Waals surface area contributed by atoms with Crippen molar-refractivity contribution in [3.8, 4) is 11.1 Å². The Kier molecular flexibility index (Phi) is 5.33. The van der Waals surface area contributed by atoms with Crippen molar-refractivity contribution in [3.63, 3.8) is 0 Å². The van der Waals surface area contributed by atoms with Crippen LogP contribution in [-0.4, -0.2) is 0 Å². The molecule has 1 fully saturated rings. The third-order valence-electron chi connectivity index (χ3n) is 5.47. The van der Waals surface area contributed by atoms with Gasteiger partial charge in [0, 0.05) is 0 Å². The number of rotatable bonds is 4. The Morgan fingerprint density at radius 1 is 0.917 bits per heavy atom. The highest BCUT2D eigenvalue weighted by molar-refractivity contribution is 5.64. The number of hydrogen-bond acceptors (Lipinski definition) is 0. The molecular formula is C22H26F2. The highest BCUT2D eigenvalue weighted by Gasteiger charge is 2.21. The number of benzene rings is 2. The molecule has 0 unspecified atom stereocenters. The summed E-state index contributed by atoms with van der Waals surface area (Å²) in [4.78, 5) is 0. The van der Waals surface area contributed by atoms with Gasteiger partial charge in [-0.1, -0.05) is 44.0 Å². The summed E-state index contributed by atoms with van der Waals surface area (Å²) in [5.74, 6) is 0.0390.